The zero-order valence-corrected chi connectivity index (χ0v) is 20.0. The Morgan fingerprint density at radius 2 is 1.65 bits per heavy atom. The van der Waals surface area contributed by atoms with Crippen LogP contribution in [0.15, 0.2) is 53.4 Å². The Hall–Kier alpha value is -2.82. The molecule has 1 aromatic heterocycles. The van der Waals surface area contributed by atoms with E-state index >= 15 is 0 Å². The fourth-order valence-corrected chi connectivity index (χ4v) is 6.25. The number of aromatic nitrogens is 3. The predicted molar refractivity (Wildman–Crippen MR) is 128 cm³/mol. The predicted octanol–water partition coefficient (Wildman–Crippen LogP) is 1.95. The molecule has 2 aliphatic rings. The minimum atomic E-state index is -3.49. The van der Waals surface area contributed by atoms with Crippen molar-refractivity contribution >= 4 is 27.0 Å². The molecule has 2 aliphatic heterocycles. The zero-order valence-electron chi connectivity index (χ0n) is 19.2. The second-order valence-corrected chi connectivity index (χ2v) is 10.9. The lowest BCUT2D eigenvalue weighted by molar-refractivity contribution is -0.133. The van der Waals surface area contributed by atoms with Crippen molar-refractivity contribution < 1.29 is 13.2 Å². The van der Waals surface area contributed by atoms with E-state index in [1.165, 1.54) is 9.87 Å². The fourth-order valence-electron chi connectivity index (χ4n) is 4.71. The summed E-state index contributed by atoms with van der Waals surface area (Å²) >= 11 is 0. The monoisotopic (exact) mass is 482 g/mol. The highest BCUT2D eigenvalue weighted by Gasteiger charge is 2.28. The Morgan fingerprint density at radius 3 is 2.38 bits per heavy atom. The molecule has 34 heavy (non-hydrogen) atoms. The number of hydrogen-bond donors (Lipinski definition) is 0. The molecule has 0 bridgehead atoms. The average Bonchev–Trinajstić information content (AvgIpc) is 3.54. The number of aryl methyl sites for hydroxylation is 1. The van der Waals surface area contributed by atoms with E-state index in [0.29, 0.717) is 31.6 Å². The third kappa shape index (κ3) is 4.84. The molecule has 10 heteroatoms. The van der Waals surface area contributed by atoms with E-state index in [4.69, 9.17) is 0 Å². The summed E-state index contributed by atoms with van der Waals surface area (Å²) in [6.45, 7) is 5.62. The molecule has 0 spiro atoms. The number of carbonyl (C=O) groups excluding carboxylic acids is 1. The molecule has 0 N–H and O–H groups in total. The average molecular weight is 483 g/mol. The van der Waals surface area contributed by atoms with Gasteiger partial charge in [-0.15, -0.1) is 5.10 Å². The highest BCUT2D eigenvalue weighted by molar-refractivity contribution is 7.89. The summed E-state index contributed by atoms with van der Waals surface area (Å²) < 4.78 is 28.8. The van der Waals surface area contributed by atoms with E-state index in [9.17, 15) is 13.2 Å². The van der Waals surface area contributed by atoms with Gasteiger partial charge in [-0.25, -0.2) is 13.1 Å². The number of sulfonamides is 1. The Bertz CT molecular complexity index is 1250. The van der Waals surface area contributed by atoms with Gasteiger partial charge in [-0.1, -0.05) is 35.5 Å². The smallest absolute Gasteiger partial charge is 0.243 e. The number of carbonyl (C=O) groups is 1. The van der Waals surface area contributed by atoms with Crippen molar-refractivity contribution in [3.63, 3.8) is 0 Å². The summed E-state index contributed by atoms with van der Waals surface area (Å²) in [5.74, 6) is 0.108. The first-order chi connectivity index (χ1) is 16.5. The van der Waals surface area contributed by atoms with Gasteiger partial charge in [0.05, 0.1) is 17.0 Å². The number of rotatable bonds is 7. The molecule has 1 amide bonds. The number of fused-ring (bicyclic) bond motifs is 1. The number of benzene rings is 2. The van der Waals surface area contributed by atoms with Crippen molar-refractivity contribution in [2.45, 2.75) is 37.2 Å². The Morgan fingerprint density at radius 1 is 0.912 bits per heavy atom. The van der Waals surface area contributed by atoms with Crippen molar-refractivity contribution in [2.24, 2.45) is 0 Å². The molecule has 0 radical (unpaired) electrons. The maximum absolute atomic E-state index is 12.8. The number of hydrogen-bond acceptors (Lipinski definition) is 6. The van der Waals surface area contributed by atoms with Crippen LogP contribution in [0.4, 0.5) is 0 Å². The molecule has 2 aromatic carbocycles. The summed E-state index contributed by atoms with van der Waals surface area (Å²) in [4.78, 5) is 17.3. The Labute approximate surface area is 200 Å². The van der Waals surface area contributed by atoms with Crippen LogP contribution in [0.1, 0.15) is 24.8 Å². The molecule has 3 aromatic rings. The molecule has 180 valence electrons. The van der Waals surface area contributed by atoms with Gasteiger partial charge < -0.3 is 4.90 Å². The van der Waals surface area contributed by atoms with E-state index in [1.807, 2.05) is 11.0 Å². The maximum Gasteiger partial charge on any atom is 0.243 e. The van der Waals surface area contributed by atoms with Gasteiger partial charge in [-0.2, -0.15) is 4.31 Å². The Kier molecular flexibility index (Phi) is 6.62. The lowest BCUT2D eigenvalue weighted by atomic mass is 10.2. The molecular weight excluding hydrogens is 452 g/mol. The maximum atomic E-state index is 12.8. The first-order valence-electron chi connectivity index (χ1n) is 11.9. The zero-order chi connectivity index (χ0) is 23.5. The van der Waals surface area contributed by atoms with E-state index in [2.05, 4.69) is 39.5 Å². The van der Waals surface area contributed by atoms with Crippen LogP contribution in [0.5, 0.6) is 0 Å². The van der Waals surface area contributed by atoms with Gasteiger partial charge in [0.15, 0.2) is 0 Å². The fraction of sp³-hybridized carbons (Fsp3) is 0.458. The third-order valence-corrected chi connectivity index (χ3v) is 8.59. The van der Waals surface area contributed by atoms with Crippen LogP contribution >= 0.6 is 0 Å². The van der Waals surface area contributed by atoms with Crippen LogP contribution in [-0.2, 0) is 27.9 Å². The summed E-state index contributed by atoms with van der Waals surface area (Å²) in [7, 11) is -3.49. The van der Waals surface area contributed by atoms with Crippen LogP contribution < -0.4 is 0 Å². The minimum absolute atomic E-state index is 0.108. The summed E-state index contributed by atoms with van der Waals surface area (Å²) in [5.41, 5.74) is 2.56. The molecular formula is C24H30N6O3S. The van der Waals surface area contributed by atoms with Gasteiger partial charge in [0.25, 0.3) is 0 Å². The molecule has 5 rings (SSSR count). The highest BCUT2D eigenvalue weighted by Crippen LogP contribution is 2.24. The molecule has 0 saturated carbocycles. The van der Waals surface area contributed by atoms with Crippen LogP contribution in [-0.4, -0.2) is 82.7 Å². The number of amides is 1. The van der Waals surface area contributed by atoms with Gasteiger partial charge in [0.2, 0.25) is 15.9 Å². The van der Waals surface area contributed by atoms with E-state index in [-0.39, 0.29) is 10.8 Å². The molecule has 0 unspecified atom stereocenters. The second-order valence-electron chi connectivity index (χ2n) is 8.97. The van der Waals surface area contributed by atoms with Crippen molar-refractivity contribution in [3.05, 3.63) is 54.1 Å². The van der Waals surface area contributed by atoms with Crippen molar-refractivity contribution in [1.82, 2.24) is 29.1 Å². The standard InChI is InChI=1S/C24H30N6O3S/c31-24(28-16-14-27(15-17-28)19-20-6-2-1-3-7-20)10-13-30-23-9-8-21(18-22(23)25-26-30)34(32,33)29-11-4-5-12-29/h1-3,6-9,18H,4-5,10-17,19H2. The third-order valence-electron chi connectivity index (χ3n) is 6.70. The van der Waals surface area contributed by atoms with Crippen molar-refractivity contribution in [2.75, 3.05) is 39.3 Å². The number of piperazine rings is 1. The lowest BCUT2D eigenvalue weighted by Crippen LogP contribution is -2.48. The van der Waals surface area contributed by atoms with Crippen molar-refractivity contribution in [1.29, 1.82) is 0 Å². The number of nitrogens with zero attached hydrogens (tertiary/aromatic N) is 6. The Balaban J connectivity index is 1.16. The minimum Gasteiger partial charge on any atom is -0.340 e. The van der Waals surface area contributed by atoms with Crippen LogP contribution in [0.3, 0.4) is 0 Å². The first kappa shape index (κ1) is 22.9. The van der Waals surface area contributed by atoms with Gasteiger partial charge in [0.1, 0.15) is 5.52 Å². The van der Waals surface area contributed by atoms with Crippen LogP contribution in [0.25, 0.3) is 11.0 Å². The summed E-state index contributed by atoms with van der Waals surface area (Å²) in [6.07, 6.45) is 2.13. The van der Waals surface area contributed by atoms with Crippen LogP contribution in [0, 0.1) is 0 Å². The normalized spacial score (nSPS) is 18.1. The molecule has 2 saturated heterocycles. The van der Waals surface area contributed by atoms with Gasteiger partial charge in [-0.3, -0.25) is 9.69 Å². The molecule has 0 atom stereocenters. The van der Waals surface area contributed by atoms with E-state index in [0.717, 1.165) is 51.1 Å². The molecule has 9 nitrogen and oxygen atoms in total. The first-order valence-corrected chi connectivity index (χ1v) is 13.3. The van der Waals surface area contributed by atoms with E-state index in [1.54, 1.807) is 22.9 Å². The van der Waals surface area contributed by atoms with Crippen LogP contribution in [0.2, 0.25) is 0 Å². The van der Waals surface area contributed by atoms with E-state index < -0.39 is 10.0 Å². The molecule has 3 heterocycles. The quantitative estimate of drug-likeness (QED) is 0.511. The highest BCUT2D eigenvalue weighted by atomic mass is 32.2. The summed E-state index contributed by atoms with van der Waals surface area (Å²) in [5, 5.41) is 8.33. The van der Waals surface area contributed by atoms with Gasteiger partial charge in [-0.05, 0) is 36.6 Å². The van der Waals surface area contributed by atoms with Gasteiger partial charge in [0, 0.05) is 52.2 Å². The van der Waals surface area contributed by atoms with Crippen molar-refractivity contribution in [3.8, 4) is 0 Å². The van der Waals surface area contributed by atoms with Gasteiger partial charge >= 0.3 is 0 Å². The topological polar surface area (TPSA) is 91.6 Å². The largest absolute Gasteiger partial charge is 0.340 e. The molecule has 0 aliphatic carbocycles. The summed E-state index contributed by atoms with van der Waals surface area (Å²) in [6, 6.07) is 15.3. The lowest BCUT2D eigenvalue weighted by Gasteiger charge is -2.34. The molecule has 2 fully saturated rings. The SMILES string of the molecule is O=C(CCn1nnc2cc(S(=O)(=O)N3CCCC3)ccc21)N1CCN(Cc2ccccc2)CC1. The second kappa shape index (κ2) is 9.81.